The molecule has 0 aliphatic carbocycles. The number of H-pyrrole nitrogens is 1. The van der Waals surface area contributed by atoms with Gasteiger partial charge in [0.2, 0.25) is 5.91 Å². The first-order chi connectivity index (χ1) is 25.4. The predicted molar refractivity (Wildman–Crippen MR) is 251 cm³/mol. The molecule has 8 heterocycles. The van der Waals surface area contributed by atoms with Gasteiger partial charge >= 0.3 is 0 Å². The van der Waals surface area contributed by atoms with Gasteiger partial charge in [-0.05, 0) is 89.0 Å². The van der Waals surface area contributed by atoms with Crippen LogP contribution < -0.4 is 16.0 Å². The molecule has 0 fully saturated rings. The van der Waals surface area contributed by atoms with E-state index in [-0.39, 0.29) is 37.2 Å². The third-order valence-corrected chi connectivity index (χ3v) is 10.3. The Kier molecular flexibility index (Phi) is 24.0. The van der Waals surface area contributed by atoms with Crippen LogP contribution in [0.3, 0.4) is 0 Å². The number of amides is 3. The van der Waals surface area contributed by atoms with E-state index in [1.165, 1.54) is 0 Å². The smallest absolute Gasteiger partial charge is 0.258 e. The van der Waals surface area contributed by atoms with Gasteiger partial charge in [0.25, 0.3) is 11.8 Å². The number of halogens is 10. The summed E-state index contributed by atoms with van der Waals surface area (Å²) in [5.74, 6) is 1.60. The number of nitrogens with one attached hydrogen (secondary N) is 4. The third kappa shape index (κ3) is 16.5. The topological polar surface area (TPSA) is 175 Å². The first kappa shape index (κ1) is 53.0. The minimum absolute atomic E-state index is 0. The van der Waals surface area contributed by atoms with Gasteiger partial charge in [0, 0.05) is 138 Å². The minimum atomic E-state index is -0.841. The molecule has 23 heteroatoms. The number of aromatic amines is 1. The van der Waals surface area contributed by atoms with Crippen LogP contribution in [0.2, 0.25) is 0 Å². The van der Waals surface area contributed by atoms with Gasteiger partial charge in [-0.2, -0.15) is 0 Å². The van der Waals surface area contributed by atoms with Crippen molar-refractivity contribution in [3.05, 3.63) is 99.1 Å². The third-order valence-electron chi connectivity index (χ3n) is 6.24. The van der Waals surface area contributed by atoms with Crippen molar-refractivity contribution in [2.45, 2.75) is 39.3 Å². The molecule has 0 aromatic carbocycles. The summed E-state index contributed by atoms with van der Waals surface area (Å²) in [7, 11) is 0. The van der Waals surface area contributed by atoms with Crippen molar-refractivity contribution in [2.75, 3.05) is 16.0 Å². The largest absolute Gasteiger partial charge is 0.391 e. The molecule has 5 N–H and O–H groups in total. The molecule has 3 amide bonds. The molecule has 55 heavy (non-hydrogen) atoms. The molecule has 0 bridgehead atoms. The predicted octanol–water partition coefficient (Wildman–Crippen LogP) is 11.8. The van der Waals surface area contributed by atoms with Gasteiger partial charge < -0.3 is 26.0 Å². The number of alkyl halides is 4. The minimum Gasteiger partial charge on any atom is -0.391 e. The fourth-order valence-corrected chi connectivity index (χ4v) is 6.47. The monoisotopic (exact) mass is 1440 g/mol. The van der Waals surface area contributed by atoms with Crippen molar-refractivity contribution in [2.24, 2.45) is 0 Å². The first-order valence-corrected chi connectivity index (χ1v) is 26.9. The molecule has 5 aromatic heterocycles. The Morgan fingerprint density at radius 3 is 1.75 bits per heavy atom. The second kappa shape index (κ2) is 24.9. The number of anilines is 3. The van der Waals surface area contributed by atoms with Gasteiger partial charge in [-0.15, -0.1) is 0 Å². The number of carbonyl (C=O) groups is 3. The average molecular weight is 1450 g/mol. The van der Waals surface area contributed by atoms with Crippen LogP contribution in [0.1, 0.15) is 37.5 Å². The van der Waals surface area contributed by atoms with E-state index in [1.807, 2.05) is 42.6 Å². The van der Waals surface area contributed by atoms with Gasteiger partial charge in [0.15, 0.2) is 6.47 Å². The van der Waals surface area contributed by atoms with Crippen LogP contribution >= 0.6 is 152 Å². The van der Waals surface area contributed by atoms with Crippen molar-refractivity contribution in [3.8, 4) is 0 Å². The number of rotatable bonds is 0. The zero-order valence-corrected chi connectivity index (χ0v) is 47.4. The summed E-state index contributed by atoms with van der Waals surface area (Å²) in [6, 6.07) is 13.3. The Morgan fingerprint density at radius 2 is 1.18 bits per heavy atom. The molecule has 5 aromatic rings. The number of aliphatic hydroxyl groups is 1. The van der Waals surface area contributed by atoms with Crippen LogP contribution in [0, 0.1) is 0 Å². The van der Waals surface area contributed by atoms with E-state index in [2.05, 4.69) is 193 Å². The van der Waals surface area contributed by atoms with Crippen LogP contribution in [0.25, 0.3) is 11.0 Å². The molecule has 0 saturated heterocycles. The second-order valence-electron chi connectivity index (χ2n) is 11.5. The Balaban J connectivity index is 0.000000342. The molecule has 0 saturated carbocycles. The molecule has 292 valence electrons. The number of hydrogen-bond donors (Lipinski definition) is 5. The van der Waals surface area contributed by atoms with Gasteiger partial charge in [-0.25, -0.2) is 19.9 Å². The van der Waals surface area contributed by atoms with E-state index in [4.69, 9.17) is 5.11 Å². The molecule has 3 aliphatic heterocycles. The van der Waals surface area contributed by atoms with Crippen molar-refractivity contribution in [1.82, 2.24) is 24.9 Å². The van der Waals surface area contributed by atoms with Crippen LogP contribution in [-0.2, 0) is 46.7 Å². The number of pyridine rings is 4. The summed E-state index contributed by atoms with van der Waals surface area (Å²) < 4.78 is 0.106. The van der Waals surface area contributed by atoms with Crippen LogP contribution in [-0.4, -0.2) is 53.3 Å². The maximum Gasteiger partial charge on any atom is 0.258 e. The van der Waals surface area contributed by atoms with E-state index in [9.17, 15) is 14.4 Å². The molecule has 0 unspecified atom stereocenters. The summed E-state index contributed by atoms with van der Waals surface area (Å²) in [5.41, 5.74) is 3.02. The van der Waals surface area contributed by atoms with Crippen molar-refractivity contribution < 1.29 is 39.0 Å². The zero-order chi connectivity index (χ0) is 40.9. The Bertz CT molecular complexity index is 2020. The number of carbonyl (C=O) groups excluding carboxylic acids is 3. The maximum atomic E-state index is 11.4. The maximum absolute atomic E-state index is 11.4. The molecule has 0 radical (unpaired) electrons. The number of aromatic nitrogens is 5. The Morgan fingerprint density at radius 1 is 0.691 bits per heavy atom. The van der Waals surface area contributed by atoms with E-state index >= 15 is 0 Å². The van der Waals surface area contributed by atoms with Crippen molar-refractivity contribution in [3.63, 3.8) is 0 Å². The summed E-state index contributed by atoms with van der Waals surface area (Å²) in [6.07, 6.45) is 9.06. The second-order valence-corrected chi connectivity index (χ2v) is 20.2. The van der Waals surface area contributed by atoms with E-state index in [1.54, 1.807) is 51.6 Å². The number of fused-ring (bicyclic) bond motifs is 4. The van der Waals surface area contributed by atoms with Crippen molar-refractivity contribution >= 4 is 198 Å². The van der Waals surface area contributed by atoms with Gasteiger partial charge in [-0.3, -0.25) is 14.4 Å². The van der Waals surface area contributed by atoms with E-state index in [0.717, 1.165) is 36.7 Å². The molecule has 0 atom stereocenters. The first-order valence-electron chi connectivity index (χ1n) is 14.7. The van der Waals surface area contributed by atoms with Crippen molar-refractivity contribution in [1.29, 1.82) is 0 Å². The number of nitrogens with zero attached hydrogens (tertiary/aromatic N) is 4. The summed E-state index contributed by atoms with van der Waals surface area (Å²) in [5, 5.41) is 17.6. The zero-order valence-electron chi connectivity index (χ0n) is 28.6. The normalized spacial score (nSPS) is 14.3. The van der Waals surface area contributed by atoms with Gasteiger partial charge in [0.05, 0.1) is 12.0 Å². The van der Waals surface area contributed by atoms with E-state index < -0.39 is 12.1 Å². The van der Waals surface area contributed by atoms with Crippen LogP contribution in [0.4, 0.5) is 17.5 Å². The quantitative estimate of drug-likeness (QED) is 0.0752. The average Bonchev–Trinajstić information content (AvgIpc) is 3.86. The van der Waals surface area contributed by atoms with Crippen LogP contribution in [0.5, 0.6) is 0 Å². The summed E-state index contributed by atoms with van der Waals surface area (Å²) in [4.78, 5) is 52.8. The van der Waals surface area contributed by atoms with Gasteiger partial charge in [0.1, 0.15) is 23.1 Å². The fraction of sp³-hybridized carbons (Fsp3) is 0.219. The SMILES string of the molecule is BrBr.BrBr.CC(C)(C)O.O=C1Cc2cc(Br)cnc2N1.O=C1Nc2ncc(Br)cc2C1(Br)Br.O=C1Nc2ncccc2C1(Br)Br.[Zn].c1cnc2[nH]ccc2c1. The fourth-order valence-electron chi connectivity index (χ4n) is 4.11. The molecule has 3 aliphatic rings. The van der Waals surface area contributed by atoms with E-state index in [0.29, 0.717) is 23.9 Å². The standard InChI is InChI=1S/C7H3Br3N2O.C7H4Br2N2O.C7H5BrN2O.C7H6N2.C4H10O.2Br2.Zn/c8-3-1-4-5(11-2-3)12-6(13)7(4,9)10;8-7(9)4-2-1-3-10-5(4)11-6(7)12;8-5-1-4-2-6(11)10-7(4)9-3-5;1-2-6-3-5-9-7(6)8-4-1;1-4(2,3)5;2*1-2;/h1-2H,(H,11,12,13);1-3H,(H,10,11,12);1,3H,2H2,(H,9,10,11);1-5H,(H,8,9);5H,1-3H3;;;. The molecule has 12 nitrogen and oxygen atoms in total. The summed E-state index contributed by atoms with van der Waals surface area (Å²) in [6.45, 7) is 5.23. The summed E-state index contributed by atoms with van der Waals surface area (Å²) >= 11 is 30.7. The number of hydrogen-bond acceptors (Lipinski definition) is 8. The van der Waals surface area contributed by atoms with Crippen LogP contribution in [0.15, 0.2) is 82.4 Å². The Hall–Kier alpha value is -0.0666. The molecule has 8 rings (SSSR count). The molecular formula is C32H28Br10N8O4Zn. The molecular weight excluding hydrogens is 1420 g/mol. The molecule has 0 spiro atoms. The van der Waals surface area contributed by atoms with Gasteiger partial charge in [-0.1, -0.05) is 69.8 Å². The Labute approximate surface area is 411 Å².